The molecule has 0 spiro atoms. The highest BCUT2D eigenvalue weighted by molar-refractivity contribution is 6.40. The molecule has 0 aliphatic rings. The number of hydrogen-bond donors (Lipinski definition) is 4. The lowest BCUT2D eigenvalue weighted by Gasteiger charge is -2.11. The zero-order valence-corrected chi connectivity index (χ0v) is 18.1. The van der Waals surface area contributed by atoms with E-state index in [0.29, 0.717) is 10.7 Å². The molecule has 0 bridgehead atoms. The van der Waals surface area contributed by atoms with Crippen LogP contribution < -0.4 is 20.8 Å². The van der Waals surface area contributed by atoms with E-state index >= 15 is 0 Å². The van der Waals surface area contributed by atoms with Crippen LogP contribution in [0.15, 0.2) is 71.8 Å². The summed E-state index contributed by atoms with van der Waals surface area (Å²) < 4.78 is 4.99. The molecule has 0 saturated heterocycles. The Hall–Kier alpha value is -4.37. The summed E-state index contributed by atoms with van der Waals surface area (Å²) in [5.41, 5.74) is 3.14. The molecule has 0 aliphatic carbocycles. The van der Waals surface area contributed by atoms with Gasteiger partial charge < -0.3 is 20.5 Å². The number of carbonyl (C=O) groups is 3. The first-order chi connectivity index (χ1) is 15.9. The predicted octanol–water partition coefficient (Wildman–Crippen LogP) is 3.40. The van der Waals surface area contributed by atoms with Crippen LogP contribution in [0.3, 0.4) is 0 Å². The van der Waals surface area contributed by atoms with Crippen LogP contribution >= 0.6 is 11.6 Å². The van der Waals surface area contributed by atoms with Crippen LogP contribution in [0.4, 0.5) is 11.4 Å². The first-order valence-electron chi connectivity index (χ1n) is 9.55. The topological polar surface area (TPSA) is 129 Å². The van der Waals surface area contributed by atoms with Crippen LogP contribution in [0.25, 0.3) is 0 Å². The molecule has 3 aromatic rings. The van der Waals surface area contributed by atoms with Crippen molar-refractivity contribution in [2.45, 2.75) is 0 Å². The van der Waals surface area contributed by atoms with Crippen molar-refractivity contribution in [2.24, 2.45) is 5.10 Å². The van der Waals surface area contributed by atoms with Crippen molar-refractivity contribution >= 4 is 46.9 Å². The molecular formula is C23H19ClN4O5. The number of amides is 3. The fourth-order valence-electron chi connectivity index (χ4n) is 2.72. The molecule has 10 heteroatoms. The van der Waals surface area contributed by atoms with Gasteiger partial charge in [0.05, 0.1) is 24.6 Å². The van der Waals surface area contributed by atoms with Crippen molar-refractivity contribution in [1.82, 2.24) is 5.43 Å². The highest BCUT2D eigenvalue weighted by Gasteiger charge is 2.18. The largest absolute Gasteiger partial charge is 0.504 e. The average molecular weight is 467 g/mol. The van der Waals surface area contributed by atoms with E-state index in [0.717, 1.165) is 6.21 Å². The van der Waals surface area contributed by atoms with E-state index < -0.39 is 17.7 Å². The summed E-state index contributed by atoms with van der Waals surface area (Å²) in [6, 6.07) is 17.5. The second-order valence-electron chi connectivity index (χ2n) is 6.56. The number of phenolic OH excluding ortho intramolecular Hbond substituents is 1. The minimum absolute atomic E-state index is 0.138. The third-order valence-electron chi connectivity index (χ3n) is 4.35. The van der Waals surface area contributed by atoms with Crippen LogP contribution in [0.1, 0.15) is 15.9 Å². The van der Waals surface area contributed by atoms with E-state index in [1.54, 1.807) is 54.6 Å². The minimum Gasteiger partial charge on any atom is -0.504 e. The first-order valence-corrected chi connectivity index (χ1v) is 9.93. The van der Waals surface area contributed by atoms with Crippen LogP contribution in [0.2, 0.25) is 5.02 Å². The molecule has 0 saturated carbocycles. The maximum absolute atomic E-state index is 12.6. The monoisotopic (exact) mass is 466 g/mol. The second-order valence-corrected chi connectivity index (χ2v) is 6.99. The Morgan fingerprint density at radius 1 is 0.939 bits per heavy atom. The van der Waals surface area contributed by atoms with Gasteiger partial charge in [-0.25, -0.2) is 5.43 Å². The summed E-state index contributed by atoms with van der Waals surface area (Å²) in [5, 5.41) is 19.3. The zero-order valence-electron chi connectivity index (χ0n) is 17.3. The number of carbonyl (C=O) groups excluding carboxylic acids is 3. The number of nitrogens with zero attached hydrogens (tertiary/aromatic N) is 1. The van der Waals surface area contributed by atoms with Crippen molar-refractivity contribution in [2.75, 3.05) is 17.7 Å². The van der Waals surface area contributed by atoms with Gasteiger partial charge in [-0.1, -0.05) is 29.8 Å². The minimum atomic E-state index is -1.07. The van der Waals surface area contributed by atoms with E-state index in [4.69, 9.17) is 16.3 Å². The van der Waals surface area contributed by atoms with Gasteiger partial charge >= 0.3 is 11.8 Å². The molecule has 0 heterocycles. The molecule has 0 fully saturated rings. The fraction of sp³-hybridized carbons (Fsp3) is 0.0435. The Labute approximate surface area is 194 Å². The van der Waals surface area contributed by atoms with Gasteiger partial charge in [-0.05, 0) is 48.5 Å². The van der Waals surface area contributed by atoms with Crippen molar-refractivity contribution in [1.29, 1.82) is 0 Å². The number of nitrogens with one attached hydrogen (secondary N) is 3. The molecule has 4 N–H and O–H groups in total. The number of phenols is 1. The number of halogens is 1. The lowest BCUT2D eigenvalue weighted by atomic mass is 10.1. The molecular weight excluding hydrogens is 448 g/mol. The van der Waals surface area contributed by atoms with Gasteiger partial charge in [0.15, 0.2) is 11.5 Å². The number of hydrogen-bond acceptors (Lipinski definition) is 6. The maximum Gasteiger partial charge on any atom is 0.329 e. The van der Waals surface area contributed by atoms with Crippen molar-refractivity contribution in [3.63, 3.8) is 0 Å². The van der Waals surface area contributed by atoms with Crippen molar-refractivity contribution in [3.05, 3.63) is 82.9 Å². The van der Waals surface area contributed by atoms with Gasteiger partial charge in [-0.15, -0.1) is 0 Å². The molecule has 0 aromatic heterocycles. The molecule has 9 nitrogen and oxygen atoms in total. The Kier molecular flexibility index (Phi) is 7.61. The smallest absolute Gasteiger partial charge is 0.329 e. The molecule has 3 rings (SSSR count). The number of ether oxygens (including phenoxy) is 1. The summed E-state index contributed by atoms with van der Waals surface area (Å²) >= 11 is 5.84. The summed E-state index contributed by atoms with van der Waals surface area (Å²) in [4.78, 5) is 37.0. The van der Waals surface area contributed by atoms with E-state index in [2.05, 4.69) is 21.2 Å². The standard InChI is InChI=1S/C23H19ClN4O5/c1-33-19-8-4-5-14(20(19)29)13-25-28-23(32)22(31)27-18-7-3-2-6-17(18)21(30)26-16-11-9-15(24)10-12-16/h2-13,29H,1H3,(H,26,30)(H,27,31)(H,28,32). The maximum atomic E-state index is 12.6. The Bertz CT molecular complexity index is 1210. The lowest BCUT2D eigenvalue weighted by molar-refractivity contribution is -0.136. The van der Waals surface area contributed by atoms with Crippen LogP contribution in [-0.4, -0.2) is 36.2 Å². The molecule has 0 atom stereocenters. The number of anilines is 2. The van der Waals surface area contributed by atoms with Gasteiger partial charge in [0.1, 0.15) is 0 Å². The van der Waals surface area contributed by atoms with Gasteiger partial charge in [-0.2, -0.15) is 5.10 Å². The first kappa shape index (κ1) is 23.3. The van der Waals surface area contributed by atoms with Gasteiger partial charge in [0.25, 0.3) is 5.91 Å². The second kappa shape index (κ2) is 10.8. The number of para-hydroxylation sites is 2. The third-order valence-corrected chi connectivity index (χ3v) is 4.60. The SMILES string of the molecule is COc1cccc(C=NNC(=O)C(=O)Nc2ccccc2C(=O)Nc2ccc(Cl)cc2)c1O. The molecule has 168 valence electrons. The summed E-state index contributed by atoms with van der Waals surface area (Å²) in [6.45, 7) is 0. The average Bonchev–Trinajstić information content (AvgIpc) is 2.81. The summed E-state index contributed by atoms with van der Waals surface area (Å²) in [5.74, 6) is -2.52. The number of aromatic hydroxyl groups is 1. The van der Waals surface area contributed by atoms with Crippen LogP contribution in [-0.2, 0) is 9.59 Å². The normalized spacial score (nSPS) is 10.5. The number of benzene rings is 3. The van der Waals surface area contributed by atoms with E-state index in [1.807, 2.05) is 0 Å². The van der Waals surface area contributed by atoms with Crippen molar-refractivity contribution < 1.29 is 24.2 Å². The molecule has 0 unspecified atom stereocenters. The molecule has 3 amide bonds. The highest BCUT2D eigenvalue weighted by atomic mass is 35.5. The highest BCUT2D eigenvalue weighted by Crippen LogP contribution is 2.27. The van der Waals surface area contributed by atoms with E-state index in [1.165, 1.54) is 19.2 Å². The number of methoxy groups -OCH3 is 1. The Morgan fingerprint density at radius 3 is 2.39 bits per heavy atom. The fourth-order valence-corrected chi connectivity index (χ4v) is 2.85. The quantitative estimate of drug-likeness (QED) is 0.251. The summed E-state index contributed by atoms with van der Waals surface area (Å²) in [7, 11) is 1.40. The van der Waals surface area contributed by atoms with E-state index in [-0.39, 0.29) is 28.3 Å². The molecule has 0 aliphatic heterocycles. The Balaban J connectivity index is 1.65. The number of rotatable bonds is 6. The molecule has 33 heavy (non-hydrogen) atoms. The van der Waals surface area contributed by atoms with Gasteiger partial charge in [0, 0.05) is 16.3 Å². The van der Waals surface area contributed by atoms with Crippen LogP contribution in [0.5, 0.6) is 11.5 Å². The number of hydrazone groups is 1. The zero-order chi connectivity index (χ0) is 23.8. The third kappa shape index (κ3) is 6.08. The lowest BCUT2D eigenvalue weighted by Crippen LogP contribution is -2.33. The van der Waals surface area contributed by atoms with Gasteiger partial charge in [0.2, 0.25) is 0 Å². The van der Waals surface area contributed by atoms with Crippen LogP contribution in [0, 0.1) is 0 Å². The summed E-state index contributed by atoms with van der Waals surface area (Å²) in [6.07, 6.45) is 1.16. The molecule has 3 aromatic carbocycles. The Morgan fingerprint density at radius 2 is 1.67 bits per heavy atom. The van der Waals surface area contributed by atoms with Crippen molar-refractivity contribution in [3.8, 4) is 11.5 Å². The predicted molar refractivity (Wildman–Crippen MR) is 125 cm³/mol. The molecule has 0 radical (unpaired) electrons. The van der Waals surface area contributed by atoms with E-state index in [9.17, 15) is 19.5 Å². The van der Waals surface area contributed by atoms with Gasteiger partial charge in [-0.3, -0.25) is 14.4 Å².